The molecular formula is C41H69NO3. The van der Waals surface area contributed by atoms with Crippen LogP contribution in [0.1, 0.15) is 149 Å². The van der Waals surface area contributed by atoms with Crippen molar-refractivity contribution >= 4 is 5.91 Å². The van der Waals surface area contributed by atoms with Gasteiger partial charge in [0.2, 0.25) is 5.91 Å². The Balaban J connectivity index is 3.84. The average Bonchev–Trinajstić information content (AvgIpc) is 3.04. The highest BCUT2D eigenvalue weighted by Gasteiger charge is 2.17. The maximum Gasteiger partial charge on any atom is 0.224 e. The Labute approximate surface area is 278 Å². The Hall–Kier alpha value is -2.43. The van der Waals surface area contributed by atoms with Crippen molar-refractivity contribution in [3.63, 3.8) is 0 Å². The van der Waals surface area contributed by atoms with Gasteiger partial charge in [-0.3, -0.25) is 4.79 Å². The largest absolute Gasteiger partial charge is 0.394 e. The molecule has 0 saturated carbocycles. The molecule has 3 N–H and O–H groups in total. The highest BCUT2D eigenvalue weighted by Crippen LogP contribution is 2.12. The minimum atomic E-state index is -0.905. The van der Waals surface area contributed by atoms with Crippen molar-refractivity contribution in [2.24, 2.45) is 0 Å². The molecule has 0 heterocycles. The monoisotopic (exact) mass is 624 g/mol. The third-order valence-corrected chi connectivity index (χ3v) is 7.64. The summed E-state index contributed by atoms with van der Waals surface area (Å²) in [4.78, 5) is 12.2. The van der Waals surface area contributed by atoms with Crippen LogP contribution in [0.25, 0.3) is 0 Å². The number of unbranched alkanes of at least 4 members (excludes halogenated alkanes) is 13. The van der Waals surface area contributed by atoms with Crippen molar-refractivity contribution in [3.05, 3.63) is 85.1 Å². The molecule has 1 amide bonds. The van der Waals surface area contributed by atoms with Crippen molar-refractivity contribution in [2.45, 2.75) is 161 Å². The molecule has 0 radical (unpaired) electrons. The first-order chi connectivity index (χ1) is 22.2. The molecule has 0 bridgehead atoms. The van der Waals surface area contributed by atoms with E-state index >= 15 is 0 Å². The molecule has 4 heteroatoms. The summed E-state index contributed by atoms with van der Waals surface area (Å²) in [5, 5.41) is 22.8. The maximum absolute atomic E-state index is 12.2. The lowest BCUT2D eigenvalue weighted by atomic mass is 10.0. The van der Waals surface area contributed by atoms with E-state index in [0.717, 1.165) is 51.4 Å². The molecule has 0 aromatic carbocycles. The SMILES string of the molecule is CC/C=C\C/C=C\C/C=C\C/C=C\C/C=C\CC(=O)NC(CO)C(O)/C=C/CC/C=C/CCCCCCCCCCCCCC. The van der Waals surface area contributed by atoms with E-state index in [1.807, 2.05) is 18.2 Å². The minimum Gasteiger partial charge on any atom is -0.394 e. The Morgan fingerprint density at radius 2 is 1.00 bits per heavy atom. The van der Waals surface area contributed by atoms with Crippen LogP contribution < -0.4 is 5.32 Å². The molecule has 0 aromatic heterocycles. The first-order valence-corrected chi connectivity index (χ1v) is 18.3. The highest BCUT2D eigenvalue weighted by atomic mass is 16.3. The van der Waals surface area contributed by atoms with E-state index in [4.69, 9.17) is 0 Å². The normalized spacial score (nSPS) is 14.1. The van der Waals surface area contributed by atoms with Crippen molar-refractivity contribution in [1.29, 1.82) is 0 Å². The van der Waals surface area contributed by atoms with E-state index in [0.29, 0.717) is 0 Å². The zero-order valence-corrected chi connectivity index (χ0v) is 29.1. The number of amides is 1. The predicted octanol–water partition coefficient (Wildman–Crippen LogP) is 10.9. The molecule has 2 unspecified atom stereocenters. The molecule has 0 aliphatic rings. The number of allylic oxidation sites excluding steroid dienone is 12. The molecule has 0 spiro atoms. The number of rotatable bonds is 31. The zero-order valence-electron chi connectivity index (χ0n) is 29.1. The van der Waals surface area contributed by atoms with E-state index < -0.39 is 12.1 Å². The number of carbonyl (C=O) groups is 1. The van der Waals surface area contributed by atoms with Crippen LogP contribution in [0.5, 0.6) is 0 Å². The molecule has 0 rings (SSSR count). The first kappa shape index (κ1) is 42.6. The summed E-state index contributed by atoms with van der Waals surface area (Å²) in [5.41, 5.74) is 0. The lowest BCUT2D eigenvalue weighted by molar-refractivity contribution is -0.122. The third-order valence-electron chi connectivity index (χ3n) is 7.64. The number of aliphatic hydroxyl groups excluding tert-OH is 2. The third kappa shape index (κ3) is 32.8. The standard InChI is InChI=1S/C41H69NO3/c1-3-5-7-9-11-13-15-17-19-20-21-23-24-26-28-30-32-34-36-40(44)39(38-43)42-41(45)37-35-33-31-29-27-25-22-18-16-14-12-10-8-6-4-2/h6,8,12,14,18,22,26-29,33-36,39-40,43-44H,3-5,7,9-11,13,15-17,19-21,23-25,30-32,37-38H2,1-2H3,(H,42,45)/b8-6-,14-12-,22-18-,28-26+,29-27-,35-33-,36-34+. The van der Waals surface area contributed by atoms with Crippen LogP contribution in [0.15, 0.2) is 85.1 Å². The topological polar surface area (TPSA) is 69.6 Å². The predicted molar refractivity (Wildman–Crippen MR) is 197 cm³/mol. The van der Waals surface area contributed by atoms with Gasteiger partial charge in [0.1, 0.15) is 0 Å². The summed E-state index contributed by atoms with van der Waals surface area (Å²) in [7, 11) is 0. The van der Waals surface area contributed by atoms with E-state index in [1.54, 1.807) is 6.08 Å². The smallest absolute Gasteiger partial charge is 0.224 e. The van der Waals surface area contributed by atoms with Gasteiger partial charge in [-0.15, -0.1) is 0 Å². The van der Waals surface area contributed by atoms with E-state index in [2.05, 4.69) is 79.9 Å². The Morgan fingerprint density at radius 3 is 1.51 bits per heavy atom. The Bertz CT molecular complexity index is 849. The van der Waals surface area contributed by atoms with E-state index in [-0.39, 0.29) is 18.9 Å². The van der Waals surface area contributed by atoms with Gasteiger partial charge in [-0.25, -0.2) is 0 Å². The van der Waals surface area contributed by atoms with Crippen molar-refractivity contribution < 1.29 is 15.0 Å². The van der Waals surface area contributed by atoms with E-state index in [9.17, 15) is 15.0 Å². The lowest BCUT2D eigenvalue weighted by Gasteiger charge is -2.19. The molecule has 0 aromatic rings. The van der Waals surface area contributed by atoms with Crippen LogP contribution in [-0.4, -0.2) is 34.9 Å². The van der Waals surface area contributed by atoms with Crippen LogP contribution in [0.2, 0.25) is 0 Å². The van der Waals surface area contributed by atoms with Crippen molar-refractivity contribution in [3.8, 4) is 0 Å². The van der Waals surface area contributed by atoms with Crippen LogP contribution >= 0.6 is 0 Å². The second-order valence-electron chi connectivity index (χ2n) is 11.9. The molecule has 2 atom stereocenters. The van der Waals surface area contributed by atoms with Gasteiger partial charge in [0.05, 0.1) is 18.8 Å². The Kier molecular flexibility index (Phi) is 34.1. The van der Waals surface area contributed by atoms with Gasteiger partial charge in [0, 0.05) is 6.42 Å². The fourth-order valence-corrected chi connectivity index (χ4v) is 4.85. The summed E-state index contributed by atoms with van der Waals surface area (Å²) in [5.74, 6) is -0.205. The summed E-state index contributed by atoms with van der Waals surface area (Å²) in [6.07, 6.45) is 52.6. The van der Waals surface area contributed by atoms with Crippen LogP contribution in [0.3, 0.4) is 0 Å². The maximum atomic E-state index is 12.2. The van der Waals surface area contributed by atoms with Crippen molar-refractivity contribution in [1.82, 2.24) is 5.32 Å². The van der Waals surface area contributed by atoms with E-state index in [1.165, 1.54) is 77.0 Å². The fraction of sp³-hybridized carbons (Fsp3) is 0.634. The summed E-state index contributed by atoms with van der Waals surface area (Å²) >= 11 is 0. The average molecular weight is 624 g/mol. The van der Waals surface area contributed by atoms with Crippen LogP contribution in [0.4, 0.5) is 0 Å². The van der Waals surface area contributed by atoms with Gasteiger partial charge < -0.3 is 15.5 Å². The van der Waals surface area contributed by atoms with Gasteiger partial charge >= 0.3 is 0 Å². The quantitative estimate of drug-likeness (QED) is 0.0531. The molecule has 45 heavy (non-hydrogen) atoms. The summed E-state index contributed by atoms with van der Waals surface area (Å²) in [6, 6.07) is -0.696. The highest BCUT2D eigenvalue weighted by molar-refractivity contribution is 5.77. The van der Waals surface area contributed by atoms with Gasteiger partial charge in [-0.1, -0.05) is 170 Å². The number of aliphatic hydroxyl groups is 2. The van der Waals surface area contributed by atoms with Gasteiger partial charge in [0.25, 0.3) is 0 Å². The fourth-order valence-electron chi connectivity index (χ4n) is 4.85. The van der Waals surface area contributed by atoms with Gasteiger partial charge in [-0.2, -0.15) is 0 Å². The zero-order chi connectivity index (χ0) is 32.9. The molecule has 0 aliphatic carbocycles. The number of nitrogens with one attached hydrogen (secondary N) is 1. The second kappa shape index (κ2) is 36.0. The van der Waals surface area contributed by atoms with Gasteiger partial charge in [0.15, 0.2) is 0 Å². The molecule has 256 valence electrons. The molecule has 0 saturated heterocycles. The minimum absolute atomic E-state index is 0.205. The number of carbonyl (C=O) groups excluding carboxylic acids is 1. The molecule has 0 aliphatic heterocycles. The Morgan fingerprint density at radius 1 is 0.556 bits per heavy atom. The summed E-state index contributed by atoms with van der Waals surface area (Å²) in [6.45, 7) is 4.11. The summed E-state index contributed by atoms with van der Waals surface area (Å²) < 4.78 is 0. The lowest BCUT2D eigenvalue weighted by Crippen LogP contribution is -2.44. The van der Waals surface area contributed by atoms with Gasteiger partial charge in [-0.05, 0) is 57.8 Å². The van der Waals surface area contributed by atoms with Crippen LogP contribution in [-0.2, 0) is 4.79 Å². The molecule has 4 nitrogen and oxygen atoms in total. The molecule has 0 fully saturated rings. The second-order valence-corrected chi connectivity index (χ2v) is 11.9. The first-order valence-electron chi connectivity index (χ1n) is 18.3. The van der Waals surface area contributed by atoms with Crippen molar-refractivity contribution in [2.75, 3.05) is 6.61 Å². The number of hydrogen-bond donors (Lipinski definition) is 3. The van der Waals surface area contributed by atoms with Crippen LogP contribution in [0, 0.1) is 0 Å². The molecular weight excluding hydrogens is 554 g/mol. The number of hydrogen-bond acceptors (Lipinski definition) is 3.